The molecule has 2 heterocycles. The fourth-order valence-corrected chi connectivity index (χ4v) is 2.33. The van der Waals surface area contributed by atoms with Gasteiger partial charge in [-0.15, -0.1) is 0 Å². The Hall–Kier alpha value is -1.73. The number of carbonyl (C=O) groups excluding carboxylic acids is 1. The second-order valence-corrected chi connectivity index (χ2v) is 5.27. The van der Waals surface area contributed by atoms with Crippen LogP contribution < -0.4 is 10.6 Å². The van der Waals surface area contributed by atoms with Gasteiger partial charge in [0.05, 0.1) is 6.54 Å². The van der Waals surface area contributed by atoms with Crippen molar-refractivity contribution in [2.75, 3.05) is 57.8 Å². The summed E-state index contributed by atoms with van der Waals surface area (Å²) >= 11 is 0. The average molecular weight is 292 g/mol. The zero-order valence-electron chi connectivity index (χ0n) is 12.6. The predicted molar refractivity (Wildman–Crippen MR) is 82.0 cm³/mol. The molecule has 0 spiro atoms. The Labute approximate surface area is 125 Å². The highest BCUT2D eigenvalue weighted by Gasteiger charge is 2.21. The highest BCUT2D eigenvalue weighted by Crippen LogP contribution is 2.09. The summed E-state index contributed by atoms with van der Waals surface area (Å²) in [5.41, 5.74) is 5.47. The van der Waals surface area contributed by atoms with E-state index >= 15 is 0 Å². The van der Waals surface area contributed by atoms with Crippen LogP contribution in [0.15, 0.2) is 18.5 Å². The molecule has 21 heavy (non-hydrogen) atoms. The standard InChI is InChI=1S/C14H24N6O/c1-18(7-2-4-15)13(21)12-19-8-10-20(11-9-19)14-16-5-3-6-17-14/h3,5-6H,2,4,7-12,15H2,1H3. The van der Waals surface area contributed by atoms with Gasteiger partial charge >= 0.3 is 0 Å². The molecule has 0 aromatic carbocycles. The Bertz CT molecular complexity index is 432. The van der Waals surface area contributed by atoms with Gasteiger partial charge in [-0.1, -0.05) is 0 Å². The first-order valence-corrected chi connectivity index (χ1v) is 7.39. The average Bonchev–Trinajstić information content (AvgIpc) is 2.54. The first-order valence-electron chi connectivity index (χ1n) is 7.39. The summed E-state index contributed by atoms with van der Waals surface area (Å²) in [5.74, 6) is 0.927. The van der Waals surface area contributed by atoms with Crippen molar-refractivity contribution in [2.24, 2.45) is 5.73 Å². The molecule has 0 unspecified atom stereocenters. The molecule has 1 amide bonds. The number of nitrogens with two attached hydrogens (primary N) is 1. The van der Waals surface area contributed by atoms with E-state index in [1.54, 1.807) is 17.3 Å². The molecule has 1 aromatic rings. The van der Waals surface area contributed by atoms with Crippen molar-refractivity contribution >= 4 is 11.9 Å². The first-order chi connectivity index (χ1) is 10.2. The van der Waals surface area contributed by atoms with Crippen LogP contribution in [0.5, 0.6) is 0 Å². The maximum absolute atomic E-state index is 12.1. The van der Waals surface area contributed by atoms with E-state index in [-0.39, 0.29) is 5.91 Å². The number of amides is 1. The third-order valence-corrected chi connectivity index (χ3v) is 3.69. The fraction of sp³-hybridized carbons (Fsp3) is 0.643. The van der Waals surface area contributed by atoms with E-state index < -0.39 is 0 Å². The Kier molecular flexibility index (Phi) is 5.89. The molecule has 0 radical (unpaired) electrons. The molecule has 1 fully saturated rings. The Morgan fingerprint density at radius 2 is 1.95 bits per heavy atom. The summed E-state index contributed by atoms with van der Waals surface area (Å²) in [7, 11) is 1.84. The summed E-state index contributed by atoms with van der Waals surface area (Å²) in [5, 5.41) is 0. The van der Waals surface area contributed by atoms with Crippen LogP contribution in [0.4, 0.5) is 5.95 Å². The lowest BCUT2D eigenvalue weighted by atomic mass is 10.3. The number of hydrogen-bond donors (Lipinski definition) is 1. The van der Waals surface area contributed by atoms with Crippen molar-refractivity contribution in [1.29, 1.82) is 0 Å². The second kappa shape index (κ2) is 7.90. The van der Waals surface area contributed by atoms with E-state index in [4.69, 9.17) is 5.73 Å². The quantitative estimate of drug-likeness (QED) is 0.755. The number of rotatable bonds is 6. The monoisotopic (exact) mass is 292 g/mol. The van der Waals surface area contributed by atoms with Crippen molar-refractivity contribution in [2.45, 2.75) is 6.42 Å². The molecule has 1 aromatic heterocycles. The van der Waals surface area contributed by atoms with Crippen LogP contribution in [-0.4, -0.2) is 78.5 Å². The normalized spacial score (nSPS) is 16.0. The molecule has 0 atom stereocenters. The lowest BCUT2D eigenvalue weighted by Crippen LogP contribution is -2.50. The van der Waals surface area contributed by atoms with E-state index in [9.17, 15) is 4.79 Å². The van der Waals surface area contributed by atoms with Crippen LogP contribution in [0.1, 0.15) is 6.42 Å². The fourth-order valence-electron chi connectivity index (χ4n) is 2.33. The first kappa shape index (κ1) is 15.7. The van der Waals surface area contributed by atoms with Gasteiger partial charge in [-0.05, 0) is 19.0 Å². The Morgan fingerprint density at radius 1 is 1.29 bits per heavy atom. The Balaban J connectivity index is 1.75. The van der Waals surface area contributed by atoms with E-state index in [1.165, 1.54) is 0 Å². The maximum Gasteiger partial charge on any atom is 0.236 e. The van der Waals surface area contributed by atoms with Gasteiger partial charge in [0.1, 0.15) is 0 Å². The zero-order chi connectivity index (χ0) is 15.1. The van der Waals surface area contributed by atoms with Crippen LogP contribution in [0.3, 0.4) is 0 Å². The summed E-state index contributed by atoms with van der Waals surface area (Å²) in [6, 6.07) is 1.82. The van der Waals surface area contributed by atoms with Gasteiger partial charge in [-0.3, -0.25) is 9.69 Å². The Morgan fingerprint density at radius 3 is 2.57 bits per heavy atom. The molecule has 1 aliphatic heterocycles. The predicted octanol–water partition coefficient (Wildman–Crippen LogP) is -0.594. The number of carbonyl (C=O) groups is 1. The number of likely N-dealkylation sites (N-methyl/N-ethyl adjacent to an activating group) is 1. The minimum absolute atomic E-state index is 0.160. The third kappa shape index (κ3) is 4.64. The van der Waals surface area contributed by atoms with Crippen LogP contribution in [0.25, 0.3) is 0 Å². The van der Waals surface area contributed by atoms with E-state index in [1.807, 2.05) is 13.1 Å². The van der Waals surface area contributed by atoms with E-state index in [2.05, 4.69) is 19.8 Å². The van der Waals surface area contributed by atoms with Crippen LogP contribution in [0, 0.1) is 0 Å². The summed E-state index contributed by atoms with van der Waals surface area (Å²) in [4.78, 5) is 26.7. The lowest BCUT2D eigenvalue weighted by molar-refractivity contribution is -0.131. The van der Waals surface area contributed by atoms with Crippen molar-refractivity contribution < 1.29 is 4.79 Å². The molecule has 1 saturated heterocycles. The SMILES string of the molecule is CN(CCCN)C(=O)CN1CCN(c2ncccn2)CC1. The molecule has 0 bridgehead atoms. The summed E-state index contributed by atoms with van der Waals surface area (Å²) in [6.07, 6.45) is 4.36. The van der Waals surface area contributed by atoms with Crippen molar-refractivity contribution in [1.82, 2.24) is 19.8 Å². The number of anilines is 1. The zero-order valence-corrected chi connectivity index (χ0v) is 12.6. The largest absolute Gasteiger partial charge is 0.345 e. The number of piperazine rings is 1. The van der Waals surface area contributed by atoms with Gasteiger partial charge in [0.25, 0.3) is 0 Å². The van der Waals surface area contributed by atoms with Crippen LogP contribution >= 0.6 is 0 Å². The topological polar surface area (TPSA) is 78.6 Å². The van der Waals surface area contributed by atoms with Gasteiger partial charge < -0.3 is 15.5 Å². The summed E-state index contributed by atoms with van der Waals surface area (Å²) in [6.45, 7) is 5.24. The number of nitrogens with zero attached hydrogens (tertiary/aromatic N) is 5. The van der Waals surface area contributed by atoms with Crippen molar-refractivity contribution in [3.63, 3.8) is 0 Å². The maximum atomic E-state index is 12.1. The molecule has 7 nitrogen and oxygen atoms in total. The highest BCUT2D eigenvalue weighted by molar-refractivity contribution is 5.78. The van der Waals surface area contributed by atoms with Crippen LogP contribution in [0.2, 0.25) is 0 Å². The smallest absolute Gasteiger partial charge is 0.236 e. The minimum atomic E-state index is 0.160. The molecule has 1 aliphatic rings. The summed E-state index contributed by atoms with van der Waals surface area (Å²) < 4.78 is 0. The molecular weight excluding hydrogens is 268 g/mol. The van der Waals surface area contributed by atoms with Gasteiger partial charge in [-0.25, -0.2) is 9.97 Å². The molecule has 7 heteroatoms. The highest BCUT2D eigenvalue weighted by atomic mass is 16.2. The van der Waals surface area contributed by atoms with Crippen LogP contribution in [-0.2, 0) is 4.79 Å². The van der Waals surface area contributed by atoms with Crippen molar-refractivity contribution in [3.05, 3.63) is 18.5 Å². The number of aromatic nitrogens is 2. The molecule has 0 saturated carbocycles. The van der Waals surface area contributed by atoms with Gasteiger partial charge in [-0.2, -0.15) is 0 Å². The lowest BCUT2D eigenvalue weighted by Gasteiger charge is -2.34. The van der Waals surface area contributed by atoms with E-state index in [0.717, 1.165) is 45.1 Å². The van der Waals surface area contributed by atoms with Crippen molar-refractivity contribution in [3.8, 4) is 0 Å². The van der Waals surface area contributed by atoms with Gasteiger partial charge in [0, 0.05) is 52.2 Å². The van der Waals surface area contributed by atoms with Gasteiger partial charge in [0.2, 0.25) is 11.9 Å². The van der Waals surface area contributed by atoms with Gasteiger partial charge in [0.15, 0.2) is 0 Å². The molecule has 0 aliphatic carbocycles. The minimum Gasteiger partial charge on any atom is -0.345 e. The molecular formula is C14H24N6O. The third-order valence-electron chi connectivity index (χ3n) is 3.69. The van der Waals surface area contributed by atoms with E-state index in [0.29, 0.717) is 13.1 Å². The number of hydrogen-bond acceptors (Lipinski definition) is 6. The molecule has 2 rings (SSSR count). The molecule has 2 N–H and O–H groups in total. The molecule has 116 valence electrons. The second-order valence-electron chi connectivity index (χ2n) is 5.27.